The van der Waals surface area contributed by atoms with Gasteiger partial charge in [0.25, 0.3) is 0 Å². The van der Waals surface area contributed by atoms with Crippen molar-refractivity contribution in [2.75, 3.05) is 25.2 Å². The van der Waals surface area contributed by atoms with Gasteiger partial charge in [-0.05, 0) is 31.8 Å². The van der Waals surface area contributed by atoms with E-state index < -0.39 is 11.9 Å². The minimum atomic E-state index is -0.790. The highest BCUT2D eigenvalue weighted by Gasteiger charge is 2.12. The fourth-order valence-corrected chi connectivity index (χ4v) is 1.51. The van der Waals surface area contributed by atoms with E-state index in [2.05, 4.69) is 16.3 Å². The number of hydrogen-bond acceptors (Lipinski definition) is 4. The third-order valence-corrected chi connectivity index (χ3v) is 2.47. The maximum atomic E-state index is 11.0. The van der Waals surface area contributed by atoms with Crippen LogP contribution < -0.4 is 5.32 Å². The summed E-state index contributed by atoms with van der Waals surface area (Å²) in [5.74, 6) is -0.283. The summed E-state index contributed by atoms with van der Waals surface area (Å²) in [5.41, 5.74) is 0. The molecule has 4 nitrogen and oxygen atoms in total. The highest BCUT2D eigenvalue weighted by Crippen LogP contribution is 2.01. The zero-order valence-corrected chi connectivity index (χ0v) is 10.2. The second-order valence-electron chi connectivity index (χ2n) is 3.03. The monoisotopic (exact) mass is 233 g/mol. The molecule has 0 radical (unpaired) electrons. The molecule has 0 aromatic carbocycles. The van der Waals surface area contributed by atoms with E-state index in [4.69, 9.17) is 0 Å². The molecule has 0 atom stereocenters. The molecule has 1 N–H and O–H groups in total. The highest BCUT2D eigenvalue weighted by atomic mass is 32.2. The van der Waals surface area contributed by atoms with Crippen LogP contribution in [0.4, 0.5) is 0 Å². The van der Waals surface area contributed by atoms with Crippen molar-refractivity contribution in [1.29, 1.82) is 0 Å². The molecule has 88 valence electrons. The van der Waals surface area contributed by atoms with Crippen molar-refractivity contribution in [1.82, 2.24) is 5.32 Å². The van der Waals surface area contributed by atoms with E-state index in [1.54, 1.807) is 6.92 Å². The number of ether oxygens (including phenoxy) is 1. The fourth-order valence-electron chi connectivity index (χ4n) is 1.02. The molecule has 5 heteroatoms. The van der Waals surface area contributed by atoms with Crippen molar-refractivity contribution in [3.63, 3.8) is 0 Å². The van der Waals surface area contributed by atoms with Crippen LogP contribution in [0.3, 0.4) is 0 Å². The molecule has 15 heavy (non-hydrogen) atoms. The first-order valence-electron chi connectivity index (χ1n) is 5.16. The van der Waals surface area contributed by atoms with Crippen molar-refractivity contribution < 1.29 is 14.3 Å². The van der Waals surface area contributed by atoms with Crippen LogP contribution in [0.5, 0.6) is 0 Å². The van der Waals surface area contributed by atoms with Gasteiger partial charge in [0.15, 0.2) is 0 Å². The van der Waals surface area contributed by atoms with Crippen molar-refractivity contribution in [2.24, 2.45) is 0 Å². The second-order valence-corrected chi connectivity index (χ2v) is 4.02. The van der Waals surface area contributed by atoms with E-state index in [-0.39, 0.29) is 6.61 Å². The molecule has 0 aliphatic heterocycles. The molecule has 0 aliphatic carbocycles. The number of nitrogens with one attached hydrogen (secondary N) is 1. The number of hydrogen-bond donors (Lipinski definition) is 1. The van der Waals surface area contributed by atoms with Crippen LogP contribution in [-0.2, 0) is 14.3 Å². The smallest absolute Gasteiger partial charge is 0.396 e. The molecule has 0 bridgehead atoms. The molecule has 1 amide bonds. The molecule has 0 fully saturated rings. The molecule has 0 heterocycles. The predicted octanol–water partition coefficient (Wildman–Crippen LogP) is 1.20. The lowest BCUT2D eigenvalue weighted by atomic mass is 10.2. The van der Waals surface area contributed by atoms with Crippen molar-refractivity contribution in [3.8, 4) is 0 Å². The van der Waals surface area contributed by atoms with Gasteiger partial charge in [0, 0.05) is 6.54 Å². The average Bonchev–Trinajstić information content (AvgIpc) is 2.23. The summed E-state index contributed by atoms with van der Waals surface area (Å²) in [5, 5.41) is 2.52. The van der Waals surface area contributed by atoms with Crippen LogP contribution in [0.1, 0.15) is 26.2 Å². The normalized spacial score (nSPS) is 9.73. The molecule has 0 aromatic rings. The average molecular weight is 233 g/mol. The lowest BCUT2D eigenvalue weighted by Gasteiger charge is -2.04. The van der Waals surface area contributed by atoms with Gasteiger partial charge in [-0.15, -0.1) is 0 Å². The van der Waals surface area contributed by atoms with Gasteiger partial charge < -0.3 is 10.1 Å². The Morgan fingerprint density at radius 3 is 2.60 bits per heavy atom. The molecule has 0 saturated carbocycles. The first-order valence-corrected chi connectivity index (χ1v) is 6.55. The van der Waals surface area contributed by atoms with Gasteiger partial charge >= 0.3 is 11.9 Å². The molecular formula is C10H19NO3S. The van der Waals surface area contributed by atoms with E-state index in [9.17, 15) is 9.59 Å². The summed E-state index contributed by atoms with van der Waals surface area (Å²) in [6, 6.07) is 0. The molecule has 0 rings (SSSR count). The summed E-state index contributed by atoms with van der Waals surface area (Å²) in [4.78, 5) is 21.9. The second kappa shape index (κ2) is 9.83. The van der Waals surface area contributed by atoms with E-state index in [1.807, 2.05) is 11.8 Å². The number of thioether (sulfide) groups is 1. The summed E-state index contributed by atoms with van der Waals surface area (Å²) < 4.78 is 4.54. The zero-order valence-electron chi connectivity index (χ0n) is 9.38. The summed E-state index contributed by atoms with van der Waals surface area (Å²) in [6.07, 6.45) is 5.20. The Bertz CT molecular complexity index is 197. The van der Waals surface area contributed by atoms with E-state index in [0.29, 0.717) is 6.54 Å². The fraction of sp³-hybridized carbons (Fsp3) is 0.800. The van der Waals surface area contributed by atoms with Gasteiger partial charge in [0.2, 0.25) is 0 Å². The Kier molecular flexibility index (Phi) is 9.36. The summed E-state index contributed by atoms with van der Waals surface area (Å²) in [6.45, 7) is 2.46. The minimum absolute atomic E-state index is 0.236. The van der Waals surface area contributed by atoms with Crippen LogP contribution in [0.15, 0.2) is 0 Å². The number of rotatable bonds is 7. The van der Waals surface area contributed by atoms with E-state index >= 15 is 0 Å². The SMILES string of the molecule is CCOC(=O)C(=O)NCCCCCSC. The van der Waals surface area contributed by atoms with Gasteiger partial charge in [-0.1, -0.05) is 6.42 Å². The quantitative estimate of drug-likeness (QED) is 0.408. The summed E-state index contributed by atoms with van der Waals surface area (Å²) in [7, 11) is 0. The molecular weight excluding hydrogens is 214 g/mol. The minimum Gasteiger partial charge on any atom is -0.459 e. The Balaban J connectivity index is 3.35. The molecule has 0 aromatic heterocycles. The highest BCUT2D eigenvalue weighted by molar-refractivity contribution is 7.98. The zero-order chi connectivity index (χ0) is 11.5. The maximum Gasteiger partial charge on any atom is 0.396 e. The first kappa shape index (κ1) is 14.3. The van der Waals surface area contributed by atoms with Crippen molar-refractivity contribution >= 4 is 23.6 Å². The van der Waals surface area contributed by atoms with Crippen LogP contribution in [0, 0.1) is 0 Å². The lowest BCUT2D eigenvalue weighted by molar-refractivity contribution is -0.154. The summed E-state index contributed by atoms with van der Waals surface area (Å²) >= 11 is 1.82. The predicted molar refractivity (Wildman–Crippen MR) is 61.9 cm³/mol. The standard InChI is InChI=1S/C10H19NO3S/c1-3-14-10(13)9(12)11-7-5-4-6-8-15-2/h3-8H2,1-2H3,(H,11,12). The van der Waals surface area contributed by atoms with Crippen molar-refractivity contribution in [3.05, 3.63) is 0 Å². The van der Waals surface area contributed by atoms with Crippen LogP contribution in [0.2, 0.25) is 0 Å². The maximum absolute atomic E-state index is 11.0. The molecule has 0 saturated heterocycles. The number of unbranched alkanes of at least 4 members (excludes halogenated alkanes) is 2. The van der Waals surface area contributed by atoms with E-state index in [1.165, 1.54) is 0 Å². The van der Waals surface area contributed by atoms with Gasteiger partial charge in [0.05, 0.1) is 6.61 Å². The largest absolute Gasteiger partial charge is 0.459 e. The van der Waals surface area contributed by atoms with Crippen LogP contribution in [0.25, 0.3) is 0 Å². The Morgan fingerprint density at radius 1 is 1.27 bits per heavy atom. The molecule has 0 spiro atoms. The van der Waals surface area contributed by atoms with Gasteiger partial charge in [-0.3, -0.25) is 4.79 Å². The Labute approximate surface area is 95.1 Å². The molecule has 0 unspecified atom stereocenters. The number of carbonyl (C=O) groups excluding carboxylic acids is 2. The Morgan fingerprint density at radius 2 is 2.00 bits per heavy atom. The van der Waals surface area contributed by atoms with Gasteiger partial charge in [0.1, 0.15) is 0 Å². The number of carbonyl (C=O) groups is 2. The number of amides is 1. The number of esters is 1. The first-order chi connectivity index (χ1) is 7.22. The topological polar surface area (TPSA) is 55.4 Å². The third-order valence-electron chi connectivity index (χ3n) is 1.77. The lowest BCUT2D eigenvalue weighted by Crippen LogP contribution is -2.33. The van der Waals surface area contributed by atoms with Crippen LogP contribution >= 0.6 is 11.8 Å². The molecule has 0 aliphatic rings. The Hall–Kier alpha value is -0.710. The van der Waals surface area contributed by atoms with E-state index in [0.717, 1.165) is 25.0 Å². The van der Waals surface area contributed by atoms with Crippen LogP contribution in [-0.4, -0.2) is 37.0 Å². The third kappa shape index (κ3) is 8.30. The van der Waals surface area contributed by atoms with Gasteiger partial charge in [-0.2, -0.15) is 11.8 Å². The van der Waals surface area contributed by atoms with Gasteiger partial charge in [-0.25, -0.2) is 4.79 Å². The van der Waals surface area contributed by atoms with Crippen molar-refractivity contribution in [2.45, 2.75) is 26.2 Å².